The average molecular weight is 311 g/mol. The third kappa shape index (κ3) is 2.98. The van der Waals surface area contributed by atoms with Crippen LogP contribution in [0.2, 0.25) is 0 Å². The molecule has 122 valence electrons. The van der Waals surface area contributed by atoms with Crippen LogP contribution in [0, 0.1) is 6.92 Å². The Hall–Kier alpha value is -2.23. The average Bonchev–Trinajstić information content (AvgIpc) is 2.96. The van der Waals surface area contributed by atoms with E-state index in [2.05, 4.69) is 54.9 Å². The van der Waals surface area contributed by atoms with Crippen LogP contribution in [0.4, 0.5) is 10.5 Å². The molecule has 0 spiro atoms. The molecule has 1 atom stereocenters. The molecule has 0 unspecified atom stereocenters. The van der Waals surface area contributed by atoms with Gasteiger partial charge < -0.3 is 14.8 Å². The third-order valence-electron chi connectivity index (χ3n) is 4.78. The van der Waals surface area contributed by atoms with E-state index in [-0.39, 0.29) is 12.1 Å². The maximum absolute atomic E-state index is 12.7. The minimum Gasteiger partial charge on any atom is -0.345 e. The van der Waals surface area contributed by atoms with Crippen molar-refractivity contribution in [3.05, 3.63) is 53.3 Å². The van der Waals surface area contributed by atoms with Crippen molar-refractivity contribution in [3.8, 4) is 0 Å². The monoisotopic (exact) mass is 311 g/mol. The van der Waals surface area contributed by atoms with Gasteiger partial charge in [-0.15, -0.1) is 0 Å². The summed E-state index contributed by atoms with van der Waals surface area (Å²) in [5.41, 5.74) is 4.65. The van der Waals surface area contributed by atoms with Gasteiger partial charge in [0.05, 0.1) is 6.04 Å². The molecule has 4 heteroatoms. The first-order chi connectivity index (χ1) is 11.1. The van der Waals surface area contributed by atoms with Crippen LogP contribution in [0.25, 0.3) is 0 Å². The molecule has 1 N–H and O–H groups in total. The minimum atomic E-state index is -0.00815. The molecule has 1 aliphatic heterocycles. The van der Waals surface area contributed by atoms with E-state index in [0.29, 0.717) is 0 Å². The predicted molar refractivity (Wildman–Crippen MR) is 93.7 cm³/mol. The summed E-state index contributed by atoms with van der Waals surface area (Å²) in [5.74, 6) is 0. The van der Waals surface area contributed by atoms with Crippen LogP contribution in [-0.2, 0) is 13.0 Å². The van der Waals surface area contributed by atoms with Gasteiger partial charge in [0, 0.05) is 30.2 Å². The molecule has 1 aromatic carbocycles. The molecule has 2 heterocycles. The van der Waals surface area contributed by atoms with Crippen molar-refractivity contribution in [2.75, 3.05) is 11.9 Å². The number of rotatable bonds is 3. The van der Waals surface area contributed by atoms with Crippen molar-refractivity contribution >= 4 is 11.7 Å². The van der Waals surface area contributed by atoms with Crippen LogP contribution in [0.5, 0.6) is 0 Å². The summed E-state index contributed by atoms with van der Waals surface area (Å²) < 4.78 is 2.33. The van der Waals surface area contributed by atoms with E-state index in [9.17, 15) is 4.79 Å². The largest absolute Gasteiger partial charge is 0.345 e. The van der Waals surface area contributed by atoms with Crippen molar-refractivity contribution in [1.29, 1.82) is 0 Å². The minimum absolute atomic E-state index is 0.00815. The quantitative estimate of drug-likeness (QED) is 0.898. The maximum atomic E-state index is 12.7. The van der Waals surface area contributed by atoms with E-state index in [1.165, 1.54) is 17.0 Å². The van der Waals surface area contributed by atoms with Crippen LogP contribution in [-0.4, -0.2) is 22.0 Å². The Balaban J connectivity index is 1.76. The molecule has 0 aliphatic carbocycles. The number of anilines is 1. The molecule has 4 nitrogen and oxygen atoms in total. The van der Waals surface area contributed by atoms with Gasteiger partial charge in [-0.1, -0.05) is 26.0 Å². The van der Waals surface area contributed by atoms with Crippen LogP contribution in [0.15, 0.2) is 36.4 Å². The van der Waals surface area contributed by atoms with E-state index < -0.39 is 0 Å². The summed E-state index contributed by atoms with van der Waals surface area (Å²) in [6, 6.07) is 12.5. The molecule has 23 heavy (non-hydrogen) atoms. The number of fused-ring (bicyclic) bond motifs is 1. The van der Waals surface area contributed by atoms with Crippen molar-refractivity contribution in [2.24, 2.45) is 0 Å². The topological polar surface area (TPSA) is 37.3 Å². The van der Waals surface area contributed by atoms with Crippen molar-refractivity contribution in [2.45, 2.75) is 46.2 Å². The van der Waals surface area contributed by atoms with Crippen molar-refractivity contribution in [1.82, 2.24) is 9.47 Å². The van der Waals surface area contributed by atoms with Gasteiger partial charge in [-0.3, -0.25) is 0 Å². The first kappa shape index (κ1) is 15.7. The molecule has 0 fully saturated rings. The molecule has 0 radical (unpaired) electrons. The Morgan fingerprint density at radius 3 is 2.52 bits per heavy atom. The number of aryl methyl sites for hydroxylation is 2. The van der Waals surface area contributed by atoms with E-state index in [1.54, 1.807) is 0 Å². The molecule has 1 aromatic heterocycles. The van der Waals surface area contributed by atoms with E-state index in [1.807, 2.05) is 17.0 Å². The van der Waals surface area contributed by atoms with Crippen LogP contribution >= 0.6 is 0 Å². The fraction of sp³-hybridized carbons (Fsp3) is 0.421. The van der Waals surface area contributed by atoms with Gasteiger partial charge in [0.15, 0.2) is 0 Å². The number of nitrogens with zero attached hydrogens (tertiary/aromatic N) is 2. The molecule has 1 aliphatic rings. The number of carbonyl (C=O) groups excluding carboxylic acids is 1. The first-order valence-corrected chi connectivity index (χ1v) is 8.46. The highest BCUT2D eigenvalue weighted by molar-refractivity contribution is 5.89. The van der Waals surface area contributed by atoms with Gasteiger partial charge in [-0.05, 0) is 49.6 Å². The standard InChI is InChI=1S/C19H25N3O/c1-4-15-7-9-16(10-8-15)20-19(23)22-13-12-21-14(3)6-11-18(21)17(22)5-2/h6-11,17H,4-5,12-13H2,1-3H3,(H,20,23)/t17-/m0/s1. The Morgan fingerprint density at radius 2 is 1.87 bits per heavy atom. The summed E-state index contributed by atoms with van der Waals surface area (Å²) in [5, 5.41) is 3.04. The Labute approximate surface area is 138 Å². The van der Waals surface area contributed by atoms with Gasteiger partial charge in [0.2, 0.25) is 0 Å². The van der Waals surface area contributed by atoms with Crippen molar-refractivity contribution in [3.63, 3.8) is 0 Å². The Morgan fingerprint density at radius 1 is 1.13 bits per heavy atom. The molecule has 0 bridgehead atoms. The maximum Gasteiger partial charge on any atom is 0.322 e. The highest BCUT2D eigenvalue weighted by Gasteiger charge is 2.30. The lowest BCUT2D eigenvalue weighted by atomic mass is 10.1. The number of hydrogen-bond acceptors (Lipinski definition) is 1. The lowest BCUT2D eigenvalue weighted by molar-refractivity contribution is 0.165. The Kier molecular flexibility index (Phi) is 4.42. The summed E-state index contributed by atoms with van der Waals surface area (Å²) >= 11 is 0. The fourth-order valence-electron chi connectivity index (χ4n) is 3.40. The number of carbonyl (C=O) groups is 1. The third-order valence-corrected chi connectivity index (χ3v) is 4.78. The van der Waals surface area contributed by atoms with Crippen LogP contribution in [0.1, 0.15) is 43.3 Å². The molecule has 0 saturated heterocycles. The van der Waals surface area contributed by atoms with Gasteiger partial charge in [0.25, 0.3) is 0 Å². The lowest BCUT2D eigenvalue weighted by Gasteiger charge is -2.37. The molecular weight excluding hydrogens is 286 g/mol. The van der Waals surface area contributed by atoms with Gasteiger partial charge in [-0.25, -0.2) is 4.79 Å². The Bertz CT molecular complexity index is 687. The van der Waals surface area contributed by atoms with Crippen molar-refractivity contribution < 1.29 is 4.79 Å². The number of urea groups is 1. The second-order valence-corrected chi connectivity index (χ2v) is 6.15. The molecular formula is C19H25N3O. The van der Waals surface area contributed by atoms with E-state index >= 15 is 0 Å². The highest BCUT2D eigenvalue weighted by Crippen LogP contribution is 2.30. The summed E-state index contributed by atoms with van der Waals surface area (Å²) in [7, 11) is 0. The summed E-state index contributed by atoms with van der Waals surface area (Å²) in [6.45, 7) is 8.01. The molecule has 0 saturated carbocycles. The second kappa shape index (κ2) is 6.49. The second-order valence-electron chi connectivity index (χ2n) is 6.15. The number of benzene rings is 1. The number of amides is 2. The van der Waals surface area contributed by atoms with Crippen LogP contribution < -0.4 is 5.32 Å². The smallest absolute Gasteiger partial charge is 0.322 e. The number of aromatic nitrogens is 1. The fourth-order valence-corrected chi connectivity index (χ4v) is 3.40. The zero-order valence-electron chi connectivity index (χ0n) is 14.2. The molecule has 2 aromatic rings. The summed E-state index contributed by atoms with van der Waals surface area (Å²) in [4.78, 5) is 14.7. The summed E-state index contributed by atoms with van der Waals surface area (Å²) in [6.07, 6.45) is 1.93. The van der Waals surface area contributed by atoms with Gasteiger partial charge in [-0.2, -0.15) is 0 Å². The lowest BCUT2D eigenvalue weighted by Crippen LogP contribution is -2.44. The zero-order chi connectivity index (χ0) is 16.4. The normalized spacial score (nSPS) is 17.0. The predicted octanol–water partition coefficient (Wildman–Crippen LogP) is 4.36. The van der Waals surface area contributed by atoms with Gasteiger partial charge in [0.1, 0.15) is 0 Å². The molecule has 2 amide bonds. The SMILES string of the molecule is CCc1ccc(NC(=O)N2CCn3c(C)ccc3[C@@H]2CC)cc1. The zero-order valence-corrected chi connectivity index (χ0v) is 14.2. The number of hydrogen-bond donors (Lipinski definition) is 1. The van der Waals surface area contributed by atoms with Crippen LogP contribution in [0.3, 0.4) is 0 Å². The van der Waals surface area contributed by atoms with E-state index in [4.69, 9.17) is 0 Å². The number of nitrogens with one attached hydrogen (secondary N) is 1. The van der Waals surface area contributed by atoms with Gasteiger partial charge >= 0.3 is 6.03 Å². The van der Waals surface area contributed by atoms with E-state index in [0.717, 1.165) is 31.6 Å². The molecule has 3 rings (SSSR count). The highest BCUT2D eigenvalue weighted by atomic mass is 16.2. The first-order valence-electron chi connectivity index (χ1n) is 8.46.